The molecule has 1 unspecified atom stereocenters. The molecule has 2 aromatic carbocycles. The van der Waals surface area contributed by atoms with Gasteiger partial charge in [0.25, 0.3) is 5.91 Å². The van der Waals surface area contributed by atoms with Crippen LogP contribution < -0.4 is 11.1 Å². The molecule has 0 saturated carbocycles. The lowest BCUT2D eigenvalue weighted by Crippen LogP contribution is -2.64. The van der Waals surface area contributed by atoms with Crippen LogP contribution in [0.2, 0.25) is 0 Å². The molecular formula is C26H33N3O5S. The average Bonchev–Trinajstić information content (AvgIpc) is 3.28. The van der Waals surface area contributed by atoms with Crippen molar-refractivity contribution in [3.63, 3.8) is 0 Å². The molecule has 188 valence electrons. The van der Waals surface area contributed by atoms with E-state index in [4.69, 9.17) is 5.73 Å². The Bertz CT molecular complexity index is 1100. The minimum absolute atomic E-state index is 0.00660. The highest BCUT2D eigenvalue weighted by Crippen LogP contribution is 2.31. The zero-order valence-corrected chi connectivity index (χ0v) is 21.3. The smallest absolute Gasteiger partial charge is 0.271 e. The lowest BCUT2D eigenvalue weighted by molar-refractivity contribution is -0.158. The second kappa shape index (κ2) is 10.4. The SMILES string of the molecule is Cc1c(O)cccc1C(=O)[C@@H](Cc1ccccc1)[C@](N)(O)C(=O)N1CSCC1C(=O)NC(C)(C)C. The van der Waals surface area contributed by atoms with Crippen LogP contribution in [0.3, 0.4) is 0 Å². The summed E-state index contributed by atoms with van der Waals surface area (Å²) in [6.45, 7) is 7.10. The molecule has 9 heteroatoms. The van der Waals surface area contributed by atoms with Crippen molar-refractivity contribution in [2.75, 3.05) is 11.6 Å². The molecule has 1 saturated heterocycles. The number of aliphatic hydroxyl groups is 1. The van der Waals surface area contributed by atoms with E-state index in [1.807, 2.05) is 26.8 Å². The minimum atomic E-state index is -2.59. The average molecular weight is 500 g/mol. The number of nitrogens with one attached hydrogen (secondary N) is 1. The van der Waals surface area contributed by atoms with Gasteiger partial charge in [-0.15, -0.1) is 11.8 Å². The highest BCUT2D eigenvalue weighted by Gasteiger charge is 2.50. The molecule has 0 radical (unpaired) electrons. The maximum atomic E-state index is 13.7. The number of hydrogen-bond acceptors (Lipinski definition) is 7. The molecule has 8 nitrogen and oxygen atoms in total. The number of hydrogen-bond donors (Lipinski definition) is 4. The number of phenols is 1. The molecule has 2 amide bonds. The molecular weight excluding hydrogens is 466 g/mol. The van der Waals surface area contributed by atoms with Crippen molar-refractivity contribution in [2.45, 2.75) is 51.4 Å². The van der Waals surface area contributed by atoms with E-state index in [-0.39, 0.29) is 29.5 Å². The number of rotatable bonds is 7. The number of Topliss-reactive ketones (excluding diaryl/α,β-unsaturated/α-hetero) is 1. The Morgan fingerprint density at radius 1 is 1.14 bits per heavy atom. The van der Waals surface area contributed by atoms with Gasteiger partial charge >= 0.3 is 0 Å². The van der Waals surface area contributed by atoms with Gasteiger partial charge in [-0.25, -0.2) is 0 Å². The normalized spacial score (nSPS) is 18.6. The van der Waals surface area contributed by atoms with Crippen LogP contribution in [-0.2, 0) is 16.0 Å². The standard InChI is InChI=1S/C26H33N3O5S/c1-16-18(11-8-12-21(16)30)22(31)19(13-17-9-6-5-7-10-17)26(27,34)24(33)29-15-35-14-20(29)23(32)28-25(2,3)4/h5-12,19-20,30,34H,13-15,27H2,1-4H3,(H,28,32)/t19-,20?,26+/m1/s1. The molecule has 3 rings (SSSR count). The van der Waals surface area contributed by atoms with Crippen LogP contribution >= 0.6 is 11.8 Å². The first-order valence-corrected chi connectivity index (χ1v) is 12.6. The second-order valence-corrected chi connectivity index (χ2v) is 10.9. The zero-order valence-electron chi connectivity index (χ0n) is 20.4. The topological polar surface area (TPSA) is 133 Å². The first-order chi connectivity index (χ1) is 16.3. The first-order valence-electron chi connectivity index (χ1n) is 11.4. The van der Waals surface area contributed by atoms with Crippen LogP contribution in [0.15, 0.2) is 48.5 Å². The lowest BCUT2D eigenvalue weighted by atomic mass is 9.81. The quantitative estimate of drug-likeness (QED) is 0.339. The van der Waals surface area contributed by atoms with Gasteiger partial charge in [-0.3, -0.25) is 20.1 Å². The number of amides is 2. The molecule has 5 N–H and O–H groups in total. The van der Waals surface area contributed by atoms with E-state index < -0.39 is 34.9 Å². The van der Waals surface area contributed by atoms with E-state index in [1.165, 1.54) is 34.9 Å². The van der Waals surface area contributed by atoms with Crippen LogP contribution in [0.1, 0.15) is 42.3 Å². The number of carbonyl (C=O) groups excluding carboxylic acids is 3. The van der Waals surface area contributed by atoms with E-state index in [0.29, 0.717) is 16.9 Å². The Morgan fingerprint density at radius 3 is 2.43 bits per heavy atom. The van der Waals surface area contributed by atoms with Gasteiger partial charge in [-0.05, 0) is 45.7 Å². The summed E-state index contributed by atoms with van der Waals surface area (Å²) in [5.41, 5.74) is 4.40. The summed E-state index contributed by atoms with van der Waals surface area (Å²) in [7, 11) is 0. The molecule has 35 heavy (non-hydrogen) atoms. The summed E-state index contributed by atoms with van der Waals surface area (Å²) in [6, 6.07) is 12.6. The number of ketones is 1. The highest BCUT2D eigenvalue weighted by molar-refractivity contribution is 7.99. The van der Waals surface area contributed by atoms with Gasteiger partial charge < -0.3 is 20.4 Å². The molecule has 0 aliphatic carbocycles. The van der Waals surface area contributed by atoms with E-state index in [2.05, 4.69) is 5.32 Å². The minimum Gasteiger partial charge on any atom is -0.508 e. The number of phenolic OH excluding ortho intramolecular Hbond substituents is 1. The van der Waals surface area contributed by atoms with Gasteiger partial charge in [0.15, 0.2) is 5.78 Å². The van der Waals surface area contributed by atoms with Crippen LogP contribution in [0.25, 0.3) is 0 Å². The highest BCUT2D eigenvalue weighted by atomic mass is 32.2. The fourth-order valence-electron chi connectivity index (χ4n) is 4.07. The number of nitrogens with two attached hydrogens (primary N) is 1. The lowest BCUT2D eigenvalue weighted by Gasteiger charge is -2.36. The summed E-state index contributed by atoms with van der Waals surface area (Å²) >= 11 is 1.37. The van der Waals surface area contributed by atoms with Crippen LogP contribution in [-0.4, -0.2) is 61.6 Å². The Hall–Kier alpha value is -2.88. The first kappa shape index (κ1) is 26.7. The third kappa shape index (κ3) is 6.04. The maximum Gasteiger partial charge on any atom is 0.271 e. The molecule has 2 aromatic rings. The summed E-state index contributed by atoms with van der Waals surface area (Å²) in [4.78, 5) is 41.4. The number of benzene rings is 2. The third-order valence-electron chi connectivity index (χ3n) is 5.99. The molecule has 1 aliphatic heterocycles. The fraction of sp³-hybridized carbons (Fsp3) is 0.423. The van der Waals surface area contributed by atoms with E-state index >= 15 is 0 Å². The Labute approximate surface area is 209 Å². The van der Waals surface area contributed by atoms with Gasteiger partial charge in [0.05, 0.1) is 11.8 Å². The van der Waals surface area contributed by atoms with Crippen molar-refractivity contribution in [1.29, 1.82) is 0 Å². The summed E-state index contributed by atoms with van der Waals surface area (Å²) < 4.78 is 0. The van der Waals surface area contributed by atoms with Crippen LogP contribution in [0.4, 0.5) is 0 Å². The van der Waals surface area contributed by atoms with Crippen molar-refractivity contribution in [3.05, 3.63) is 65.2 Å². The predicted octanol–water partition coefficient (Wildman–Crippen LogP) is 2.21. The Balaban J connectivity index is 1.97. The van der Waals surface area contributed by atoms with E-state index in [9.17, 15) is 24.6 Å². The van der Waals surface area contributed by atoms with Crippen molar-refractivity contribution in [1.82, 2.24) is 10.2 Å². The number of carbonyl (C=O) groups is 3. The third-order valence-corrected chi connectivity index (χ3v) is 7.00. The number of nitrogens with zero attached hydrogens (tertiary/aromatic N) is 1. The zero-order chi connectivity index (χ0) is 26.0. The van der Waals surface area contributed by atoms with Gasteiger partial charge in [0.1, 0.15) is 11.8 Å². The largest absolute Gasteiger partial charge is 0.508 e. The van der Waals surface area contributed by atoms with Crippen molar-refractivity contribution in [2.24, 2.45) is 11.7 Å². The number of thioether (sulfide) groups is 1. The maximum absolute atomic E-state index is 13.7. The molecule has 0 aromatic heterocycles. The molecule has 1 heterocycles. The monoisotopic (exact) mass is 499 g/mol. The predicted molar refractivity (Wildman–Crippen MR) is 136 cm³/mol. The van der Waals surface area contributed by atoms with Crippen molar-refractivity contribution < 1.29 is 24.6 Å². The van der Waals surface area contributed by atoms with E-state index in [1.54, 1.807) is 31.2 Å². The van der Waals surface area contributed by atoms with Gasteiger partial charge in [0, 0.05) is 22.4 Å². The Morgan fingerprint density at radius 2 is 1.80 bits per heavy atom. The summed E-state index contributed by atoms with van der Waals surface area (Å²) in [5, 5.41) is 24.4. The molecule has 1 fully saturated rings. The van der Waals surface area contributed by atoms with Crippen LogP contribution in [0.5, 0.6) is 5.75 Å². The van der Waals surface area contributed by atoms with Crippen molar-refractivity contribution in [3.8, 4) is 5.75 Å². The van der Waals surface area contributed by atoms with Crippen molar-refractivity contribution >= 4 is 29.4 Å². The molecule has 1 aliphatic rings. The van der Waals surface area contributed by atoms with Gasteiger partial charge in [-0.2, -0.15) is 0 Å². The summed E-state index contributed by atoms with van der Waals surface area (Å²) in [6.07, 6.45) is -0.00660. The number of aromatic hydroxyl groups is 1. The fourth-order valence-corrected chi connectivity index (χ4v) is 5.22. The molecule has 0 spiro atoms. The molecule has 0 bridgehead atoms. The summed E-state index contributed by atoms with van der Waals surface area (Å²) in [5.74, 6) is -2.70. The molecule has 3 atom stereocenters. The van der Waals surface area contributed by atoms with Gasteiger partial charge in [0.2, 0.25) is 11.6 Å². The Kier molecular flexibility index (Phi) is 7.93. The second-order valence-electron chi connectivity index (χ2n) is 9.91. The van der Waals surface area contributed by atoms with Gasteiger partial charge in [-0.1, -0.05) is 42.5 Å². The van der Waals surface area contributed by atoms with E-state index in [0.717, 1.165) is 0 Å². The van der Waals surface area contributed by atoms with Crippen LogP contribution in [0, 0.1) is 12.8 Å².